The Labute approximate surface area is 132 Å². The minimum Gasteiger partial charge on any atom is -0.359 e. The van der Waals surface area contributed by atoms with E-state index in [4.69, 9.17) is 4.74 Å². The zero-order valence-electron chi connectivity index (χ0n) is 13.3. The fourth-order valence-electron chi connectivity index (χ4n) is 2.49. The van der Waals surface area contributed by atoms with E-state index in [-0.39, 0.29) is 13.1 Å². The van der Waals surface area contributed by atoms with E-state index in [1.807, 2.05) is 6.92 Å². The molecule has 0 aliphatic carbocycles. The van der Waals surface area contributed by atoms with Crippen LogP contribution in [0.25, 0.3) is 0 Å². The van der Waals surface area contributed by atoms with E-state index >= 15 is 0 Å². The molecular formula is C15H20F3N3O2. The van der Waals surface area contributed by atoms with Gasteiger partial charge in [0.15, 0.2) is 6.10 Å². The van der Waals surface area contributed by atoms with Crippen LogP contribution in [-0.4, -0.2) is 46.9 Å². The number of hydrogen-bond acceptors (Lipinski definition) is 3. The molecular weight excluding hydrogens is 311 g/mol. The van der Waals surface area contributed by atoms with Crippen LogP contribution in [0.5, 0.6) is 0 Å². The van der Waals surface area contributed by atoms with E-state index < -0.39 is 30.5 Å². The number of alkyl halides is 3. The molecule has 5 nitrogen and oxygen atoms in total. The maximum absolute atomic E-state index is 12.9. The first kappa shape index (κ1) is 17.5. The molecule has 1 unspecified atom stereocenters. The average molecular weight is 331 g/mol. The van der Waals surface area contributed by atoms with Gasteiger partial charge in [-0.05, 0) is 38.0 Å². The maximum Gasteiger partial charge on any atom is 0.416 e. The molecule has 23 heavy (non-hydrogen) atoms. The summed E-state index contributed by atoms with van der Waals surface area (Å²) in [6.07, 6.45) is -3.21. The van der Waals surface area contributed by atoms with E-state index in [2.05, 4.69) is 10.3 Å². The van der Waals surface area contributed by atoms with Gasteiger partial charge in [-0.25, -0.2) is 4.79 Å². The average Bonchev–Trinajstić information content (AvgIpc) is 2.43. The molecule has 0 aromatic carbocycles. The van der Waals surface area contributed by atoms with Gasteiger partial charge in [-0.2, -0.15) is 13.2 Å². The second kappa shape index (κ2) is 6.35. The molecule has 0 radical (unpaired) electrons. The van der Waals surface area contributed by atoms with Crippen LogP contribution < -0.4 is 5.32 Å². The summed E-state index contributed by atoms with van der Waals surface area (Å²) >= 11 is 0. The van der Waals surface area contributed by atoms with Crippen LogP contribution in [0.2, 0.25) is 0 Å². The Hall–Kier alpha value is -1.83. The SMILES string of the molecule is Cc1cnccc1CNC(=O)N1CC(C(F)(F)F)OC(C)(C)C1. The lowest BCUT2D eigenvalue weighted by atomic mass is 10.1. The maximum atomic E-state index is 12.9. The largest absolute Gasteiger partial charge is 0.416 e. The van der Waals surface area contributed by atoms with Crippen molar-refractivity contribution in [3.63, 3.8) is 0 Å². The highest BCUT2D eigenvalue weighted by molar-refractivity contribution is 5.74. The fraction of sp³-hybridized carbons (Fsp3) is 0.600. The number of amides is 2. The first-order chi connectivity index (χ1) is 10.6. The van der Waals surface area contributed by atoms with Crippen molar-refractivity contribution in [3.05, 3.63) is 29.6 Å². The van der Waals surface area contributed by atoms with Crippen molar-refractivity contribution in [2.24, 2.45) is 0 Å². The molecule has 128 valence electrons. The molecule has 1 saturated heterocycles. The highest BCUT2D eigenvalue weighted by Gasteiger charge is 2.49. The van der Waals surface area contributed by atoms with Crippen LogP contribution in [0.15, 0.2) is 18.5 Å². The molecule has 1 N–H and O–H groups in total. The number of nitrogens with one attached hydrogen (secondary N) is 1. The Morgan fingerprint density at radius 2 is 2.22 bits per heavy atom. The summed E-state index contributed by atoms with van der Waals surface area (Å²) in [5.41, 5.74) is 0.721. The molecule has 0 bridgehead atoms. The standard InChI is InChI=1S/C15H20F3N3O2/c1-10-6-19-5-4-11(10)7-20-13(22)21-8-12(15(16,17)18)23-14(2,3)9-21/h4-6,12H,7-9H2,1-3H3,(H,20,22). The van der Waals surface area contributed by atoms with E-state index in [0.717, 1.165) is 16.0 Å². The number of pyridine rings is 1. The van der Waals surface area contributed by atoms with Crippen LogP contribution in [-0.2, 0) is 11.3 Å². The molecule has 0 saturated carbocycles. The Kier molecular flexibility index (Phi) is 4.84. The van der Waals surface area contributed by atoms with Crippen molar-refractivity contribution < 1.29 is 22.7 Å². The number of halogens is 3. The quantitative estimate of drug-likeness (QED) is 0.906. The number of nitrogens with zero attached hydrogens (tertiary/aromatic N) is 2. The number of hydrogen-bond donors (Lipinski definition) is 1. The Bertz CT molecular complexity index is 575. The molecule has 2 heterocycles. The van der Waals surface area contributed by atoms with Gasteiger partial charge in [0, 0.05) is 18.9 Å². The summed E-state index contributed by atoms with van der Waals surface area (Å²) in [6.45, 7) is 4.76. The number of aromatic nitrogens is 1. The van der Waals surface area contributed by atoms with E-state index in [1.54, 1.807) is 18.5 Å². The molecule has 1 atom stereocenters. The third kappa shape index (κ3) is 4.57. The van der Waals surface area contributed by atoms with Gasteiger partial charge < -0.3 is 15.0 Å². The third-order valence-corrected chi connectivity index (χ3v) is 3.64. The smallest absolute Gasteiger partial charge is 0.359 e. The van der Waals surface area contributed by atoms with Crippen molar-refractivity contribution in [1.29, 1.82) is 0 Å². The van der Waals surface area contributed by atoms with Gasteiger partial charge in [0.2, 0.25) is 0 Å². The molecule has 2 rings (SSSR count). The molecule has 1 fully saturated rings. The molecule has 1 aliphatic heterocycles. The zero-order chi connectivity index (χ0) is 17.3. The van der Waals surface area contributed by atoms with Crippen LogP contribution >= 0.6 is 0 Å². The van der Waals surface area contributed by atoms with Gasteiger partial charge in [-0.3, -0.25) is 4.98 Å². The number of carbonyl (C=O) groups excluding carboxylic acids is 1. The Morgan fingerprint density at radius 1 is 1.52 bits per heavy atom. The summed E-state index contributed by atoms with van der Waals surface area (Å²) in [6, 6.07) is 1.23. The summed E-state index contributed by atoms with van der Waals surface area (Å²) in [7, 11) is 0. The Morgan fingerprint density at radius 3 is 2.83 bits per heavy atom. The molecule has 1 aromatic rings. The lowest BCUT2D eigenvalue weighted by Gasteiger charge is -2.43. The number of urea groups is 1. The van der Waals surface area contributed by atoms with Crippen LogP contribution in [0.1, 0.15) is 25.0 Å². The number of ether oxygens (including phenoxy) is 1. The van der Waals surface area contributed by atoms with Crippen molar-refractivity contribution in [1.82, 2.24) is 15.2 Å². The van der Waals surface area contributed by atoms with Gasteiger partial charge in [0.05, 0.1) is 18.7 Å². The fourth-order valence-corrected chi connectivity index (χ4v) is 2.49. The predicted octanol–water partition coefficient (Wildman–Crippen LogP) is 2.64. The van der Waals surface area contributed by atoms with E-state index in [0.29, 0.717) is 0 Å². The Balaban J connectivity index is 2.02. The van der Waals surface area contributed by atoms with Crippen molar-refractivity contribution in [2.75, 3.05) is 13.1 Å². The van der Waals surface area contributed by atoms with Crippen LogP contribution in [0.3, 0.4) is 0 Å². The minimum absolute atomic E-state index is 0.0980. The zero-order valence-corrected chi connectivity index (χ0v) is 13.3. The lowest BCUT2D eigenvalue weighted by Crippen LogP contribution is -2.60. The summed E-state index contributed by atoms with van der Waals surface area (Å²) in [5.74, 6) is 0. The van der Waals surface area contributed by atoms with E-state index in [9.17, 15) is 18.0 Å². The third-order valence-electron chi connectivity index (χ3n) is 3.64. The van der Waals surface area contributed by atoms with Crippen molar-refractivity contribution >= 4 is 6.03 Å². The normalized spacial score (nSPS) is 21.1. The van der Waals surface area contributed by atoms with Gasteiger partial charge in [-0.15, -0.1) is 0 Å². The summed E-state index contributed by atoms with van der Waals surface area (Å²) < 4.78 is 43.8. The monoisotopic (exact) mass is 331 g/mol. The number of carbonyl (C=O) groups is 1. The van der Waals surface area contributed by atoms with Gasteiger partial charge >= 0.3 is 12.2 Å². The molecule has 1 aliphatic rings. The highest BCUT2D eigenvalue weighted by atomic mass is 19.4. The summed E-state index contributed by atoms with van der Waals surface area (Å²) in [5, 5.41) is 2.66. The van der Waals surface area contributed by atoms with E-state index in [1.165, 1.54) is 13.8 Å². The second-order valence-corrected chi connectivity index (χ2v) is 6.25. The van der Waals surface area contributed by atoms with Crippen molar-refractivity contribution in [2.45, 2.75) is 45.2 Å². The first-order valence-electron chi connectivity index (χ1n) is 7.25. The topological polar surface area (TPSA) is 54.5 Å². The molecule has 8 heteroatoms. The van der Waals surface area contributed by atoms with Gasteiger partial charge in [0.25, 0.3) is 0 Å². The van der Waals surface area contributed by atoms with Gasteiger partial charge in [0.1, 0.15) is 0 Å². The number of morpholine rings is 1. The highest BCUT2D eigenvalue weighted by Crippen LogP contribution is 2.31. The second-order valence-electron chi connectivity index (χ2n) is 6.25. The van der Waals surface area contributed by atoms with Crippen molar-refractivity contribution in [3.8, 4) is 0 Å². The van der Waals surface area contributed by atoms with Gasteiger partial charge in [-0.1, -0.05) is 0 Å². The number of rotatable bonds is 2. The molecule has 0 spiro atoms. The minimum atomic E-state index is -4.50. The van der Waals surface area contributed by atoms with Crippen LogP contribution in [0.4, 0.5) is 18.0 Å². The lowest BCUT2D eigenvalue weighted by molar-refractivity contribution is -0.267. The molecule has 2 amide bonds. The predicted molar refractivity (Wildman–Crippen MR) is 77.8 cm³/mol. The molecule has 1 aromatic heterocycles. The number of aryl methyl sites for hydroxylation is 1. The van der Waals surface area contributed by atoms with Crippen LogP contribution in [0, 0.1) is 6.92 Å². The summed E-state index contributed by atoms with van der Waals surface area (Å²) in [4.78, 5) is 17.3. The first-order valence-corrected chi connectivity index (χ1v) is 7.25.